The molecule has 2 aromatic rings. The first-order valence-electron chi connectivity index (χ1n) is 5.56. The van der Waals surface area contributed by atoms with E-state index in [4.69, 9.17) is 23.2 Å². The van der Waals surface area contributed by atoms with Crippen LogP contribution in [0, 0.1) is 13.8 Å². The SMILES string of the molecule is Cc1ccc(C(=O)c2cc(Cl)ccc2C)cc1Cl. The smallest absolute Gasteiger partial charge is 0.193 e. The topological polar surface area (TPSA) is 17.1 Å². The number of hydrogen-bond acceptors (Lipinski definition) is 1. The fraction of sp³-hybridized carbons (Fsp3) is 0.133. The van der Waals surface area contributed by atoms with Crippen LogP contribution in [0.1, 0.15) is 27.0 Å². The lowest BCUT2D eigenvalue weighted by molar-refractivity contribution is 0.103. The van der Waals surface area contributed by atoms with Crippen LogP contribution >= 0.6 is 23.2 Å². The normalized spacial score (nSPS) is 10.4. The summed E-state index contributed by atoms with van der Waals surface area (Å²) in [5.74, 6) is -0.0584. The van der Waals surface area contributed by atoms with E-state index in [1.54, 1.807) is 24.3 Å². The molecular weight excluding hydrogens is 267 g/mol. The fourth-order valence-corrected chi connectivity index (χ4v) is 2.08. The van der Waals surface area contributed by atoms with Gasteiger partial charge in [0.05, 0.1) is 0 Å². The van der Waals surface area contributed by atoms with E-state index in [0.29, 0.717) is 21.2 Å². The predicted molar refractivity (Wildman–Crippen MR) is 75.8 cm³/mol. The molecule has 2 rings (SSSR count). The van der Waals surface area contributed by atoms with Gasteiger partial charge < -0.3 is 0 Å². The Hall–Kier alpha value is -1.31. The van der Waals surface area contributed by atoms with Crippen molar-refractivity contribution < 1.29 is 4.79 Å². The summed E-state index contributed by atoms with van der Waals surface area (Å²) >= 11 is 12.0. The molecule has 0 N–H and O–H groups in total. The molecule has 2 aromatic carbocycles. The van der Waals surface area contributed by atoms with Crippen molar-refractivity contribution in [1.82, 2.24) is 0 Å². The quantitative estimate of drug-likeness (QED) is 0.719. The second kappa shape index (κ2) is 5.13. The molecule has 92 valence electrons. The van der Waals surface area contributed by atoms with Crippen molar-refractivity contribution in [3.8, 4) is 0 Å². The zero-order valence-electron chi connectivity index (χ0n) is 10.1. The molecule has 0 atom stereocenters. The van der Waals surface area contributed by atoms with Crippen molar-refractivity contribution in [3.05, 3.63) is 68.7 Å². The van der Waals surface area contributed by atoms with Gasteiger partial charge in [0, 0.05) is 21.2 Å². The van der Waals surface area contributed by atoms with Crippen molar-refractivity contribution in [2.24, 2.45) is 0 Å². The van der Waals surface area contributed by atoms with Gasteiger partial charge in [0.25, 0.3) is 0 Å². The number of carbonyl (C=O) groups excluding carboxylic acids is 1. The number of rotatable bonds is 2. The molecule has 3 heteroatoms. The molecule has 1 nitrogen and oxygen atoms in total. The third-order valence-corrected chi connectivity index (χ3v) is 3.52. The lowest BCUT2D eigenvalue weighted by atomic mass is 9.98. The maximum Gasteiger partial charge on any atom is 0.193 e. The molecule has 0 saturated carbocycles. The van der Waals surface area contributed by atoms with Gasteiger partial charge in [-0.1, -0.05) is 41.4 Å². The third kappa shape index (κ3) is 2.58. The van der Waals surface area contributed by atoms with E-state index in [-0.39, 0.29) is 5.78 Å². The van der Waals surface area contributed by atoms with Crippen LogP contribution in [-0.2, 0) is 0 Å². The summed E-state index contributed by atoms with van der Waals surface area (Å²) in [5.41, 5.74) is 3.05. The number of halogens is 2. The van der Waals surface area contributed by atoms with Gasteiger partial charge in [0.2, 0.25) is 0 Å². The van der Waals surface area contributed by atoms with Crippen molar-refractivity contribution in [2.75, 3.05) is 0 Å². The minimum atomic E-state index is -0.0584. The molecule has 0 saturated heterocycles. The Kier molecular flexibility index (Phi) is 3.74. The minimum absolute atomic E-state index is 0.0584. The average Bonchev–Trinajstić information content (AvgIpc) is 2.35. The Bertz CT molecular complexity index is 618. The Labute approximate surface area is 116 Å². The highest BCUT2D eigenvalue weighted by Crippen LogP contribution is 2.22. The van der Waals surface area contributed by atoms with E-state index < -0.39 is 0 Å². The molecule has 0 spiro atoms. The van der Waals surface area contributed by atoms with Crippen LogP contribution < -0.4 is 0 Å². The summed E-state index contributed by atoms with van der Waals surface area (Å²) in [6, 6.07) is 10.6. The van der Waals surface area contributed by atoms with Gasteiger partial charge in [0.1, 0.15) is 0 Å². The van der Waals surface area contributed by atoms with Gasteiger partial charge in [-0.2, -0.15) is 0 Å². The molecule has 0 radical (unpaired) electrons. The van der Waals surface area contributed by atoms with E-state index in [9.17, 15) is 4.79 Å². The Balaban J connectivity index is 2.47. The molecule has 0 aliphatic rings. The molecule has 0 amide bonds. The highest BCUT2D eigenvalue weighted by atomic mass is 35.5. The minimum Gasteiger partial charge on any atom is -0.289 e. The third-order valence-electron chi connectivity index (χ3n) is 2.88. The van der Waals surface area contributed by atoms with Gasteiger partial charge >= 0.3 is 0 Å². The number of ketones is 1. The summed E-state index contributed by atoms with van der Waals surface area (Å²) in [5, 5.41) is 1.16. The summed E-state index contributed by atoms with van der Waals surface area (Å²) < 4.78 is 0. The number of benzene rings is 2. The highest BCUT2D eigenvalue weighted by molar-refractivity contribution is 6.32. The molecule has 0 aliphatic heterocycles. The van der Waals surface area contributed by atoms with Crippen LogP contribution in [0.2, 0.25) is 10.0 Å². The molecule has 0 unspecified atom stereocenters. The zero-order chi connectivity index (χ0) is 13.3. The summed E-state index contributed by atoms with van der Waals surface area (Å²) in [7, 11) is 0. The maximum absolute atomic E-state index is 12.4. The molecule has 0 aromatic heterocycles. The van der Waals surface area contributed by atoms with Crippen LogP contribution in [0.5, 0.6) is 0 Å². The van der Waals surface area contributed by atoms with Gasteiger partial charge in [-0.3, -0.25) is 4.79 Å². The van der Waals surface area contributed by atoms with Crippen molar-refractivity contribution in [1.29, 1.82) is 0 Å². The standard InChI is InChI=1S/C15H12Cl2O/c1-9-4-6-12(16)8-13(9)15(18)11-5-3-10(2)14(17)7-11/h3-8H,1-2H3. The van der Waals surface area contributed by atoms with Gasteiger partial charge in [-0.15, -0.1) is 0 Å². The number of aryl methyl sites for hydroxylation is 2. The molecule has 18 heavy (non-hydrogen) atoms. The summed E-state index contributed by atoms with van der Waals surface area (Å²) in [6.07, 6.45) is 0. The number of hydrogen-bond donors (Lipinski definition) is 0. The summed E-state index contributed by atoms with van der Waals surface area (Å²) in [6.45, 7) is 3.79. The van der Waals surface area contributed by atoms with Gasteiger partial charge in [0.15, 0.2) is 5.78 Å². The predicted octanol–water partition coefficient (Wildman–Crippen LogP) is 4.84. The van der Waals surface area contributed by atoms with Crippen molar-refractivity contribution >= 4 is 29.0 Å². The van der Waals surface area contributed by atoms with Crippen LogP contribution in [0.15, 0.2) is 36.4 Å². The second-order valence-electron chi connectivity index (χ2n) is 4.25. The Morgan fingerprint density at radius 2 is 1.61 bits per heavy atom. The fourth-order valence-electron chi connectivity index (χ4n) is 1.73. The second-order valence-corrected chi connectivity index (χ2v) is 5.10. The molecule has 0 bridgehead atoms. The van der Waals surface area contributed by atoms with Crippen LogP contribution in [0.4, 0.5) is 0 Å². The molecule has 0 fully saturated rings. The zero-order valence-corrected chi connectivity index (χ0v) is 11.6. The Morgan fingerprint density at radius 1 is 0.944 bits per heavy atom. The van der Waals surface area contributed by atoms with Gasteiger partial charge in [-0.25, -0.2) is 0 Å². The van der Waals surface area contributed by atoms with Crippen LogP contribution in [-0.4, -0.2) is 5.78 Å². The van der Waals surface area contributed by atoms with E-state index in [1.807, 2.05) is 26.0 Å². The van der Waals surface area contributed by atoms with Crippen LogP contribution in [0.25, 0.3) is 0 Å². The van der Waals surface area contributed by atoms with E-state index in [1.165, 1.54) is 0 Å². The van der Waals surface area contributed by atoms with Crippen molar-refractivity contribution in [3.63, 3.8) is 0 Å². The molecular formula is C15H12Cl2O. The summed E-state index contributed by atoms with van der Waals surface area (Å²) in [4.78, 5) is 12.4. The highest BCUT2D eigenvalue weighted by Gasteiger charge is 2.13. The van der Waals surface area contributed by atoms with E-state index >= 15 is 0 Å². The average molecular weight is 279 g/mol. The first-order chi connectivity index (χ1) is 8.49. The Morgan fingerprint density at radius 3 is 2.28 bits per heavy atom. The van der Waals surface area contributed by atoms with E-state index in [2.05, 4.69) is 0 Å². The largest absolute Gasteiger partial charge is 0.289 e. The molecule has 0 heterocycles. The first kappa shape index (κ1) is 13.1. The first-order valence-corrected chi connectivity index (χ1v) is 6.31. The molecule has 0 aliphatic carbocycles. The lowest BCUT2D eigenvalue weighted by Gasteiger charge is -2.07. The van der Waals surface area contributed by atoms with Gasteiger partial charge in [-0.05, 0) is 43.2 Å². The van der Waals surface area contributed by atoms with Crippen molar-refractivity contribution in [2.45, 2.75) is 13.8 Å². The van der Waals surface area contributed by atoms with Crippen LogP contribution in [0.3, 0.4) is 0 Å². The van der Waals surface area contributed by atoms with E-state index in [0.717, 1.165) is 11.1 Å². The number of carbonyl (C=O) groups is 1. The maximum atomic E-state index is 12.4. The lowest BCUT2D eigenvalue weighted by Crippen LogP contribution is -2.03. The monoisotopic (exact) mass is 278 g/mol.